The first-order chi connectivity index (χ1) is 17.6. The van der Waals surface area contributed by atoms with Gasteiger partial charge in [0.25, 0.3) is 0 Å². The molecular weight excluding hydrogens is 472 g/mol. The quantitative estimate of drug-likeness (QED) is 0.367. The van der Waals surface area contributed by atoms with Gasteiger partial charge in [0.15, 0.2) is 5.11 Å². The van der Waals surface area contributed by atoms with Gasteiger partial charge in [0, 0.05) is 54.7 Å². The summed E-state index contributed by atoms with van der Waals surface area (Å²) in [4.78, 5) is 23.0. The van der Waals surface area contributed by atoms with Crippen LogP contribution in [0.2, 0.25) is 0 Å². The summed E-state index contributed by atoms with van der Waals surface area (Å²) in [7, 11) is 1.50. The van der Waals surface area contributed by atoms with Gasteiger partial charge < -0.3 is 24.8 Å². The largest absolute Gasteiger partial charge is 0.375 e. The van der Waals surface area contributed by atoms with Gasteiger partial charge >= 0.3 is 0 Å². The van der Waals surface area contributed by atoms with E-state index in [-0.39, 0.29) is 24.6 Å². The Bertz CT molecular complexity index is 1380. The molecule has 2 N–H and O–H groups in total. The molecule has 0 radical (unpaired) electrons. The van der Waals surface area contributed by atoms with Gasteiger partial charge in [-0.25, -0.2) is 0 Å². The van der Waals surface area contributed by atoms with E-state index in [0.717, 1.165) is 34.0 Å². The van der Waals surface area contributed by atoms with Crippen molar-refractivity contribution in [2.75, 3.05) is 23.9 Å². The predicted octanol–water partition coefficient (Wildman–Crippen LogP) is 4.34. The van der Waals surface area contributed by atoms with E-state index in [1.165, 1.54) is 7.11 Å². The van der Waals surface area contributed by atoms with Gasteiger partial charge in [-0.2, -0.15) is 0 Å². The molecule has 1 aliphatic heterocycles. The van der Waals surface area contributed by atoms with E-state index in [1.54, 1.807) is 18.6 Å². The van der Waals surface area contributed by atoms with Crippen LogP contribution in [0.5, 0.6) is 0 Å². The Morgan fingerprint density at radius 2 is 1.92 bits per heavy atom. The Morgan fingerprint density at radius 3 is 2.64 bits per heavy atom. The molecule has 3 aromatic heterocycles. The number of pyridine rings is 2. The third-order valence-electron chi connectivity index (χ3n) is 6.16. The number of rotatable bonds is 7. The lowest BCUT2D eigenvalue weighted by molar-refractivity contribution is -0.119. The number of aryl methyl sites for hydroxylation is 1. The molecular formula is C27H26N6O2S. The second-order valence-corrected chi connectivity index (χ2v) is 8.87. The molecule has 36 heavy (non-hydrogen) atoms. The molecule has 0 unspecified atom stereocenters. The zero-order chi connectivity index (χ0) is 25.1. The Hall–Kier alpha value is -4.08. The number of anilines is 2. The Balaban J connectivity index is 1.58. The maximum Gasteiger partial charge on any atom is 0.250 e. The van der Waals surface area contributed by atoms with Gasteiger partial charge in [0.1, 0.15) is 12.6 Å². The van der Waals surface area contributed by atoms with E-state index in [0.29, 0.717) is 5.11 Å². The van der Waals surface area contributed by atoms with Crippen molar-refractivity contribution in [3.05, 3.63) is 102 Å². The van der Waals surface area contributed by atoms with Crippen LogP contribution >= 0.6 is 12.2 Å². The highest BCUT2D eigenvalue weighted by atomic mass is 32.1. The lowest BCUT2D eigenvalue weighted by atomic mass is 10.0. The number of nitrogens with one attached hydrogen (secondary N) is 2. The molecule has 1 aromatic carbocycles. The molecule has 182 valence electrons. The van der Waals surface area contributed by atoms with Gasteiger partial charge in [-0.3, -0.25) is 14.8 Å². The second kappa shape index (κ2) is 10.3. The average molecular weight is 499 g/mol. The molecule has 9 heteroatoms. The van der Waals surface area contributed by atoms with Gasteiger partial charge in [0.2, 0.25) is 5.91 Å². The lowest BCUT2D eigenvalue weighted by Gasteiger charge is -2.29. The molecule has 1 fully saturated rings. The normalized spacial score (nSPS) is 17.2. The predicted molar refractivity (Wildman–Crippen MR) is 143 cm³/mol. The van der Waals surface area contributed by atoms with Crippen molar-refractivity contribution in [1.82, 2.24) is 19.9 Å². The van der Waals surface area contributed by atoms with E-state index in [1.807, 2.05) is 67.7 Å². The third-order valence-corrected chi connectivity index (χ3v) is 6.47. The molecule has 0 saturated carbocycles. The zero-order valence-corrected chi connectivity index (χ0v) is 20.8. The number of hydrogen-bond acceptors (Lipinski definition) is 5. The molecule has 1 amide bonds. The summed E-state index contributed by atoms with van der Waals surface area (Å²) in [5, 5.41) is 7.00. The van der Waals surface area contributed by atoms with Gasteiger partial charge in [0.05, 0.1) is 11.7 Å². The number of nitrogens with zero attached hydrogens (tertiary/aromatic N) is 4. The zero-order valence-electron chi connectivity index (χ0n) is 20.0. The highest BCUT2D eigenvalue weighted by molar-refractivity contribution is 7.80. The standard InChI is InChI=1S/C27H26N6O2S/c1-18-16-20(8-9-21(18)30-24(34)17-35-2)33-26(25(31-27(33)36)22-6-3-4-12-29-22)23-7-5-15-32(23)19-10-13-28-14-11-19/h3-16,25-26H,17H2,1-2H3,(H,30,34)(H,31,36)/t25-,26-/m0/s1. The molecule has 0 aliphatic carbocycles. The lowest BCUT2D eigenvalue weighted by Crippen LogP contribution is -2.30. The van der Waals surface area contributed by atoms with Gasteiger partial charge in [-0.15, -0.1) is 0 Å². The van der Waals surface area contributed by atoms with E-state index in [2.05, 4.69) is 36.1 Å². The monoisotopic (exact) mass is 498 g/mol. The van der Waals surface area contributed by atoms with Crippen LogP contribution in [0.3, 0.4) is 0 Å². The van der Waals surface area contributed by atoms with Crippen molar-refractivity contribution in [2.45, 2.75) is 19.0 Å². The van der Waals surface area contributed by atoms with Crippen molar-refractivity contribution in [1.29, 1.82) is 0 Å². The fourth-order valence-electron chi connectivity index (χ4n) is 4.56. The molecule has 5 rings (SSSR count). The van der Waals surface area contributed by atoms with E-state index in [9.17, 15) is 4.79 Å². The third kappa shape index (κ3) is 4.58. The first-order valence-electron chi connectivity index (χ1n) is 11.5. The Labute approximate surface area is 215 Å². The van der Waals surface area contributed by atoms with Crippen molar-refractivity contribution >= 4 is 34.6 Å². The minimum Gasteiger partial charge on any atom is -0.375 e. The van der Waals surface area contributed by atoms with Crippen LogP contribution in [-0.4, -0.2) is 39.3 Å². The number of thiocarbonyl (C=S) groups is 1. The van der Waals surface area contributed by atoms with Crippen LogP contribution in [0.4, 0.5) is 11.4 Å². The fraction of sp³-hybridized carbons (Fsp3) is 0.185. The summed E-state index contributed by atoms with van der Waals surface area (Å²) in [6.07, 6.45) is 7.40. The number of ether oxygens (including phenoxy) is 1. The Morgan fingerprint density at radius 1 is 1.08 bits per heavy atom. The summed E-state index contributed by atoms with van der Waals surface area (Å²) in [5.41, 5.74) is 5.53. The van der Waals surface area contributed by atoms with Crippen molar-refractivity contribution in [3.8, 4) is 5.69 Å². The minimum atomic E-state index is -0.199. The summed E-state index contributed by atoms with van der Waals surface area (Å²) in [6, 6.07) is 19.5. The van der Waals surface area contributed by atoms with Crippen molar-refractivity contribution in [3.63, 3.8) is 0 Å². The smallest absolute Gasteiger partial charge is 0.250 e. The highest BCUT2D eigenvalue weighted by Gasteiger charge is 2.42. The topological polar surface area (TPSA) is 84.3 Å². The van der Waals surface area contributed by atoms with Crippen molar-refractivity contribution in [2.24, 2.45) is 0 Å². The second-order valence-electron chi connectivity index (χ2n) is 8.49. The maximum absolute atomic E-state index is 12.0. The van der Waals surface area contributed by atoms with Crippen LogP contribution in [0.25, 0.3) is 5.69 Å². The summed E-state index contributed by atoms with van der Waals surface area (Å²) < 4.78 is 7.08. The first kappa shape index (κ1) is 23.7. The summed E-state index contributed by atoms with van der Waals surface area (Å²) in [6.45, 7) is 1.96. The number of methoxy groups -OCH3 is 1. The molecule has 1 aliphatic rings. The molecule has 4 aromatic rings. The summed E-state index contributed by atoms with van der Waals surface area (Å²) in [5.74, 6) is -0.199. The van der Waals surface area contributed by atoms with Crippen LogP contribution in [0.15, 0.2) is 85.5 Å². The number of benzene rings is 1. The van der Waals surface area contributed by atoms with Crippen LogP contribution in [-0.2, 0) is 9.53 Å². The number of carbonyl (C=O) groups is 1. The van der Waals surface area contributed by atoms with Gasteiger partial charge in [-0.1, -0.05) is 6.07 Å². The first-order valence-corrected chi connectivity index (χ1v) is 12.0. The van der Waals surface area contributed by atoms with E-state index in [4.69, 9.17) is 17.0 Å². The number of aromatic nitrogens is 3. The molecule has 1 saturated heterocycles. The van der Waals surface area contributed by atoms with Crippen LogP contribution in [0, 0.1) is 6.92 Å². The molecule has 4 heterocycles. The minimum absolute atomic E-state index is 0.00114. The number of carbonyl (C=O) groups excluding carboxylic acids is 1. The number of hydrogen-bond donors (Lipinski definition) is 2. The molecule has 0 bridgehead atoms. The molecule has 8 nitrogen and oxygen atoms in total. The maximum atomic E-state index is 12.0. The average Bonchev–Trinajstić information content (AvgIpc) is 3.51. The Kier molecular flexibility index (Phi) is 6.75. The molecule has 2 atom stereocenters. The van der Waals surface area contributed by atoms with E-state index >= 15 is 0 Å². The summed E-state index contributed by atoms with van der Waals surface area (Å²) >= 11 is 5.87. The highest BCUT2D eigenvalue weighted by Crippen LogP contribution is 2.42. The van der Waals surface area contributed by atoms with Crippen LogP contribution in [0.1, 0.15) is 29.0 Å². The number of amides is 1. The van der Waals surface area contributed by atoms with E-state index < -0.39 is 0 Å². The van der Waals surface area contributed by atoms with Crippen molar-refractivity contribution < 1.29 is 9.53 Å². The fourth-order valence-corrected chi connectivity index (χ4v) is 4.91. The molecule has 0 spiro atoms. The van der Waals surface area contributed by atoms with Crippen LogP contribution < -0.4 is 15.5 Å². The SMILES string of the molecule is COCC(=O)Nc1ccc(N2C(=S)N[C@@H](c3ccccn3)[C@@H]2c2cccn2-c2ccncc2)cc1C. The van der Waals surface area contributed by atoms with Gasteiger partial charge in [-0.05, 0) is 79.3 Å².